The summed E-state index contributed by atoms with van der Waals surface area (Å²) in [7, 11) is 0. The summed E-state index contributed by atoms with van der Waals surface area (Å²) in [5.74, 6) is -0.199. The quantitative estimate of drug-likeness (QED) is 0.587. The van der Waals surface area contributed by atoms with Gasteiger partial charge in [0, 0.05) is 37.0 Å². The second kappa shape index (κ2) is 8.67. The first-order chi connectivity index (χ1) is 11.9. The SMILES string of the molecule is CC(=O)NC(Cc1c[nH]c2ccccc12)C(=O)NCC(O)CC(C)C. The average Bonchev–Trinajstić information content (AvgIpc) is 2.94. The third-order valence-electron chi connectivity index (χ3n) is 4.05. The summed E-state index contributed by atoms with van der Waals surface area (Å²) in [6.45, 7) is 5.61. The summed E-state index contributed by atoms with van der Waals surface area (Å²) in [6.07, 6.45) is 2.28. The number of amides is 2. The largest absolute Gasteiger partial charge is 0.391 e. The van der Waals surface area contributed by atoms with Gasteiger partial charge in [-0.1, -0.05) is 32.0 Å². The van der Waals surface area contributed by atoms with Crippen LogP contribution in [0, 0.1) is 5.92 Å². The van der Waals surface area contributed by atoms with Gasteiger partial charge in [0.2, 0.25) is 11.8 Å². The van der Waals surface area contributed by atoms with Crippen molar-refractivity contribution in [3.8, 4) is 0 Å². The number of hydrogen-bond donors (Lipinski definition) is 4. The summed E-state index contributed by atoms with van der Waals surface area (Å²) in [5, 5.41) is 16.4. The topological polar surface area (TPSA) is 94.2 Å². The maximum atomic E-state index is 12.5. The fourth-order valence-corrected chi connectivity index (χ4v) is 2.94. The van der Waals surface area contributed by atoms with Gasteiger partial charge in [-0.3, -0.25) is 9.59 Å². The number of aliphatic hydroxyl groups excluding tert-OH is 1. The lowest BCUT2D eigenvalue weighted by Gasteiger charge is -2.19. The Bertz CT molecular complexity index is 724. The molecule has 0 saturated heterocycles. The number of benzene rings is 1. The van der Waals surface area contributed by atoms with Gasteiger partial charge in [0.15, 0.2) is 0 Å². The first-order valence-corrected chi connectivity index (χ1v) is 8.64. The van der Waals surface area contributed by atoms with Crippen molar-refractivity contribution in [3.05, 3.63) is 36.0 Å². The molecule has 6 heteroatoms. The predicted molar refractivity (Wildman–Crippen MR) is 98.1 cm³/mol. The normalized spacial score (nSPS) is 13.6. The van der Waals surface area contributed by atoms with Crippen LogP contribution < -0.4 is 10.6 Å². The fraction of sp³-hybridized carbons (Fsp3) is 0.474. The van der Waals surface area contributed by atoms with Crippen LogP contribution in [0.4, 0.5) is 0 Å². The van der Waals surface area contributed by atoms with Crippen molar-refractivity contribution in [3.63, 3.8) is 0 Å². The van der Waals surface area contributed by atoms with Crippen LogP contribution in [-0.4, -0.2) is 40.6 Å². The van der Waals surface area contributed by atoms with E-state index in [0.29, 0.717) is 18.8 Å². The Hall–Kier alpha value is -2.34. The maximum absolute atomic E-state index is 12.5. The van der Waals surface area contributed by atoms with Crippen LogP contribution in [0.25, 0.3) is 10.9 Å². The Morgan fingerprint density at radius 3 is 2.64 bits per heavy atom. The highest BCUT2D eigenvalue weighted by Crippen LogP contribution is 2.19. The molecule has 2 atom stereocenters. The molecule has 2 amide bonds. The van der Waals surface area contributed by atoms with Gasteiger partial charge in [-0.2, -0.15) is 0 Å². The number of para-hydroxylation sites is 1. The highest BCUT2D eigenvalue weighted by molar-refractivity contribution is 5.89. The Morgan fingerprint density at radius 1 is 1.24 bits per heavy atom. The van der Waals surface area contributed by atoms with Gasteiger partial charge in [-0.15, -0.1) is 0 Å². The number of carbonyl (C=O) groups is 2. The number of aromatic nitrogens is 1. The van der Waals surface area contributed by atoms with Gasteiger partial charge in [0.25, 0.3) is 0 Å². The minimum Gasteiger partial charge on any atom is -0.391 e. The minimum atomic E-state index is -0.678. The molecule has 0 radical (unpaired) electrons. The van der Waals surface area contributed by atoms with Crippen LogP contribution in [0.3, 0.4) is 0 Å². The molecule has 1 heterocycles. The molecule has 0 fully saturated rings. The summed E-state index contributed by atoms with van der Waals surface area (Å²) in [5.41, 5.74) is 1.96. The van der Waals surface area contributed by atoms with Crippen molar-refractivity contribution >= 4 is 22.7 Å². The van der Waals surface area contributed by atoms with Crippen LogP contribution >= 0.6 is 0 Å². The van der Waals surface area contributed by atoms with E-state index in [2.05, 4.69) is 15.6 Å². The molecule has 2 unspecified atom stereocenters. The zero-order chi connectivity index (χ0) is 18.4. The van der Waals surface area contributed by atoms with Crippen LogP contribution in [0.1, 0.15) is 32.8 Å². The van der Waals surface area contributed by atoms with Crippen molar-refractivity contribution in [1.29, 1.82) is 0 Å². The van der Waals surface area contributed by atoms with E-state index >= 15 is 0 Å². The summed E-state index contributed by atoms with van der Waals surface area (Å²) < 4.78 is 0. The van der Waals surface area contributed by atoms with Gasteiger partial charge < -0.3 is 20.7 Å². The molecule has 4 N–H and O–H groups in total. The molecular weight excluding hydrogens is 318 g/mol. The molecule has 6 nitrogen and oxygen atoms in total. The van der Waals surface area contributed by atoms with E-state index < -0.39 is 12.1 Å². The highest BCUT2D eigenvalue weighted by atomic mass is 16.3. The molecule has 2 rings (SSSR count). The molecule has 1 aromatic carbocycles. The molecule has 0 aliphatic heterocycles. The van der Waals surface area contributed by atoms with Crippen molar-refractivity contribution in [2.24, 2.45) is 5.92 Å². The second-order valence-corrected chi connectivity index (χ2v) is 6.85. The molecule has 0 spiro atoms. The van der Waals surface area contributed by atoms with Crippen molar-refractivity contribution in [2.45, 2.75) is 45.8 Å². The lowest BCUT2D eigenvalue weighted by molar-refractivity contribution is -0.128. The maximum Gasteiger partial charge on any atom is 0.243 e. The monoisotopic (exact) mass is 345 g/mol. The van der Waals surface area contributed by atoms with E-state index in [1.165, 1.54) is 6.92 Å². The summed E-state index contributed by atoms with van der Waals surface area (Å²) in [4.78, 5) is 27.1. The number of H-pyrrole nitrogens is 1. The number of nitrogens with one attached hydrogen (secondary N) is 3. The van der Waals surface area contributed by atoms with Gasteiger partial charge >= 0.3 is 0 Å². The summed E-state index contributed by atoms with van der Waals surface area (Å²) >= 11 is 0. The Labute approximate surface area is 148 Å². The molecule has 0 aliphatic carbocycles. The minimum absolute atomic E-state index is 0.182. The van der Waals surface area contributed by atoms with Crippen molar-refractivity contribution in [2.75, 3.05) is 6.54 Å². The molecule has 2 aromatic rings. The van der Waals surface area contributed by atoms with Crippen molar-refractivity contribution < 1.29 is 14.7 Å². The van der Waals surface area contributed by atoms with Crippen LogP contribution in [0.5, 0.6) is 0 Å². The van der Waals surface area contributed by atoms with Gasteiger partial charge in [0.05, 0.1) is 6.10 Å². The van der Waals surface area contributed by atoms with Gasteiger partial charge in [-0.05, 0) is 24.0 Å². The van der Waals surface area contributed by atoms with Crippen LogP contribution in [0.2, 0.25) is 0 Å². The second-order valence-electron chi connectivity index (χ2n) is 6.85. The van der Waals surface area contributed by atoms with Crippen LogP contribution in [0.15, 0.2) is 30.5 Å². The first-order valence-electron chi connectivity index (χ1n) is 8.64. The number of fused-ring (bicyclic) bond motifs is 1. The molecule has 25 heavy (non-hydrogen) atoms. The van der Waals surface area contributed by atoms with Gasteiger partial charge in [-0.25, -0.2) is 0 Å². The van der Waals surface area contributed by atoms with Crippen molar-refractivity contribution in [1.82, 2.24) is 15.6 Å². The van der Waals surface area contributed by atoms with Crippen LogP contribution in [-0.2, 0) is 16.0 Å². The predicted octanol–water partition coefficient (Wildman–Crippen LogP) is 1.74. The number of aliphatic hydroxyl groups is 1. The molecule has 1 aromatic heterocycles. The van der Waals surface area contributed by atoms with E-state index in [-0.39, 0.29) is 18.4 Å². The lowest BCUT2D eigenvalue weighted by Crippen LogP contribution is -2.49. The van der Waals surface area contributed by atoms with Gasteiger partial charge in [0.1, 0.15) is 6.04 Å². The smallest absolute Gasteiger partial charge is 0.243 e. The molecule has 0 bridgehead atoms. The zero-order valence-electron chi connectivity index (χ0n) is 15.0. The number of carbonyl (C=O) groups excluding carboxylic acids is 2. The number of hydrogen-bond acceptors (Lipinski definition) is 3. The molecule has 0 saturated carbocycles. The van der Waals surface area contributed by atoms with E-state index in [9.17, 15) is 14.7 Å². The fourth-order valence-electron chi connectivity index (χ4n) is 2.94. The number of rotatable bonds is 8. The average molecular weight is 345 g/mol. The van der Waals surface area contributed by atoms with E-state index in [1.54, 1.807) is 0 Å². The summed E-state index contributed by atoms with van der Waals surface area (Å²) in [6, 6.07) is 7.15. The third-order valence-corrected chi connectivity index (χ3v) is 4.05. The Kier molecular flexibility index (Phi) is 6.58. The number of aromatic amines is 1. The molecule has 0 aliphatic rings. The standard InChI is InChI=1S/C19H27N3O3/c1-12(2)8-15(24)11-21-19(25)18(22-13(3)23)9-14-10-20-17-7-5-4-6-16(14)17/h4-7,10,12,15,18,20,24H,8-9,11H2,1-3H3,(H,21,25)(H,22,23). The van der Waals surface area contributed by atoms with E-state index in [4.69, 9.17) is 0 Å². The highest BCUT2D eigenvalue weighted by Gasteiger charge is 2.22. The molecular formula is C19H27N3O3. The molecule has 136 valence electrons. The Morgan fingerprint density at radius 2 is 1.96 bits per heavy atom. The van der Waals surface area contributed by atoms with E-state index in [1.807, 2.05) is 44.3 Å². The lowest BCUT2D eigenvalue weighted by atomic mass is 10.0. The Balaban J connectivity index is 2.05. The zero-order valence-corrected chi connectivity index (χ0v) is 15.0. The van der Waals surface area contributed by atoms with E-state index in [0.717, 1.165) is 16.5 Å². The third kappa shape index (κ3) is 5.60. The first kappa shape index (κ1) is 19.0.